The van der Waals surface area contributed by atoms with E-state index in [1.807, 2.05) is 18.2 Å². The van der Waals surface area contributed by atoms with Crippen molar-refractivity contribution in [1.82, 2.24) is 10.2 Å². The number of hydrogen-bond donors (Lipinski definition) is 1. The molecule has 1 heterocycles. The highest BCUT2D eigenvalue weighted by Crippen LogP contribution is 2.14. The summed E-state index contributed by atoms with van der Waals surface area (Å²) < 4.78 is 5.27. The molecule has 0 bridgehead atoms. The number of ether oxygens (including phenoxy) is 1. The van der Waals surface area contributed by atoms with Gasteiger partial charge in [0.25, 0.3) is 0 Å². The fraction of sp³-hybridized carbons (Fsp3) is 0.429. The SMILES string of the molecule is CC(=O)NC1CCN(C(=O)Oc2ccccc2)CC1. The van der Waals surface area contributed by atoms with E-state index in [4.69, 9.17) is 4.74 Å². The third-order valence-corrected chi connectivity index (χ3v) is 3.11. The first-order valence-electron chi connectivity index (χ1n) is 6.44. The molecule has 5 nitrogen and oxygen atoms in total. The van der Waals surface area contributed by atoms with Gasteiger partial charge in [-0.3, -0.25) is 4.79 Å². The van der Waals surface area contributed by atoms with Crippen molar-refractivity contribution in [2.45, 2.75) is 25.8 Å². The van der Waals surface area contributed by atoms with Crippen LogP contribution in [0.5, 0.6) is 5.75 Å². The summed E-state index contributed by atoms with van der Waals surface area (Å²) in [6.07, 6.45) is 1.21. The molecule has 0 atom stereocenters. The molecule has 19 heavy (non-hydrogen) atoms. The molecule has 1 aliphatic rings. The second-order valence-electron chi connectivity index (χ2n) is 4.64. The third-order valence-electron chi connectivity index (χ3n) is 3.11. The van der Waals surface area contributed by atoms with E-state index in [2.05, 4.69) is 5.32 Å². The maximum Gasteiger partial charge on any atom is 0.415 e. The first-order valence-corrected chi connectivity index (χ1v) is 6.44. The number of piperidine rings is 1. The predicted molar refractivity (Wildman–Crippen MR) is 70.9 cm³/mol. The Morgan fingerprint density at radius 3 is 2.42 bits per heavy atom. The Morgan fingerprint density at radius 1 is 1.21 bits per heavy atom. The number of hydrogen-bond acceptors (Lipinski definition) is 3. The van der Waals surface area contributed by atoms with E-state index >= 15 is 0 Å². The van der Waals surface area contributed by atoms with Gasteiger partial charge in [0.2, 0.25) is 5.91 Å². The van der Waals surface area contributed by atoms with Crippen molar-refractivity contribution in [2.75, 3.05) is 13.1 Å². The van der Waals surface area contributed by atoms with Crippen molar-refractivity contribution >= 4 is 12.0 Å². The highest BCUT2D eigenvalue weighted by atomic mass is 16.6. The quantitative estimate of drug-likeness (QED) is 0.884. The number of para-hydroxylation sites is 1. The van der Waals surface area contributed by atoms with Crippen molar-refractivity contribution in [1.29, 1.82) is 0 Å². The molecule has 0 saturated carbocycles. The van der Waals surface area contributed by atoms with Crippen LogP contribution in [0.4, 0.5) is 4.79 Å². The minimum absolute atomic E-state index is 0.0229. The zero-order chi connectivity index (χ0) is 13.7. The zero-order valence-electron chi connectivity index (χ0n) is 11.0. The van der Waals surface area contributed by atoms with E-state index in [-0.39, 0.29) is 18.0 Å². The normalized spacial score (nSPS) is 15.9. The zero-order valence-corrected chi connectivity index (χ0v) is 11.0. The molecular weight excluding hydrogens is 244 g/mol. The Hall–Kier alpha value is -2.04. The van der Waals surface area contributed by atoms with Crippen LogP contribution in [-0.2, 0) is 4.79 Å². The summed E-state index contributed by atoms with van der Waals surface area (Å²) in [7, 11) is 0. The average Bonchev–Trinajstić information content (AvgIpc) is 2.40. The van der Waals surface area contributed by atoms with Crippen LogP contribution in [0.15, 0.2) is 30.3 Å². The molecule has 2 amide bonds. The Bertz CT molecular complexity index is 439. The topological polar surface area (TPSA) is 58.6 Å². The number of rotatable bonds is 2. The largest absolute Gasteiger partial charge is 0.415 e. The highest BCUT2D eigenvalue weighted by Gasteiger charge is 2.24. The Morgan fingerprint density at radius 2 is 1.84 bits per heavy atom. The fourth-order valence-corrected chi connectivity index (χ4v) is 2.15. The summed E-state index contributed by atoms with van der Waals surface area (Å²) in [5.41, 5.74) is 0. The lowest BCUT2D eigenvalue weighted by Crippen LogP contribution is -2.46. The lowest BCUT2D eigenvalue weighted by Gasteiger charge is -2.31. The van der Waals surface area contributed by atoms with Crippen LogP contribution < -0.4 is 10.1 Å². The van der Waals surface area contributed by atoms with Crippen LogP contribution in [0.3, 0.4) is 0 Å². The first kappa shape index (κ1) is 13.4. The van der Waals surface area contributed by atoms with Gasteiger partial charge >= 0.3 is 6.09 Å². The van der Waals surface area contributed by atoms with Gasteiger partial charge in [-0.15, -0.1) is 0 Å². The minimum atomic E-state index is -0.326. The summed E-state index contributed by atoms with van der Waals surface area (Å²) in [4.78, 5) is 24.5. The van der Waals surface area contributed by atoms with Crippen molar-refractivity contribution in [2.24, 2.45) is 0 Å². The number of carbonyl (C=O) groups is 2. The van der Waals surface area contributed by atoms with Gasteiger partial charge in [0, 0.05) is 26.1 Å². The van der Waals surface area contributed by atoms with Crippen molar-refractivity contribution in [3.63, 3.8) is 0 Å². The number of carbonyl (C=O) groups excluding carboxylic acids is 2. The summed E-state index contributed by atoms with van der Waals surface area (Å²) in [5, 5.41) is 2.87. The second-order valence-corrected chi connectivity index (χ2v) is 4.64. The van der Waals surface area contributed by atoms with Gasteiger partial charge < -0.3 is 15.0 Å². The minimum Gasteiger partial charge on any atom is -0.410 e. The maximum absolute atomic E-state index is 11.9. The van der Waals surface area contributed by atoms with E-state index in [0.29, 0.717) is 18.8 Å². The molecule has 1 aromatic rings. The molecule has 0 radical (unpaired) electrons. The van der Waals surface area contributed by atoms with E-state index in [0.717, 1.165) is 12.8 Å². The van der Waals surface area contributed by atoms with Crippen LogP contribution in [-0.4, -0.2) is 36.0 Å². The monoisotopic (exact) mass is 262 g/mol. The number of benzene rings is 1. The molecule has 0 spiro atoms. The van der Waals surface area contributed by atoms with Crippen LogP contribution in [0.2, 0.25) is 0 Å². The molecule has 1 N–H and O–H groups in total. The molecule has 0 aliphatic carbocycles. The van der Waals surface area contributed by atoms with Crippen LogP contribution in [0, 0.1) is 0 Å². The van der Waals surface area contributed by atoms with Gasteiger partial charge in [0.1, 0.15) is 5.75 Å². The summed E-state index contributed by atoms with van der Waals surface area (Å²) in [6.45, 7) is 2.73. The smallest absolute Gasteiger partial charge is 0.410 e. The summed E-state index contributed by atoms with van der Waals surface area (Å²) in [5.74, 6) is 0.529. The van der Waals surface area contributed by atoms with Crippen LogP contribution in [0.1, 0.15) is 19.8 Å². The molecule has 0 unspecified atom stereocenters. The average molecular weight is 262 g/mol. The highest BCUT2D eigenvalue weighted by molar-refractivity contribution is 5.73. The first-order chi connectivity index (χ1) is 9.15. The fourth-order valence-electron chi connectivity index (χ4n) is 2.15. The third kappa shape index (κ3) is 3.98. The molecule has 1 aliphatic heterocycles. The van der Waals surface area contributed by atoms with Gasteiger partial charge in [-0.1, -0.05) is 18.2 Å². The van der Waals surface area contributed by atoms with Gasteiger partial charge in [-0.25, -0.2) is 4.79 Å². The van der Waals surface area contributed by atoms with Crippen molar-refractivity contribution in [3.05, 3.63) is 30.3 Å². The molecule has 102 valence electrons. The van der Waals surface area contributed by atoms with E-state index in [1.54, 1.807) is 17.0 Å². The molecule has 2 rings (SSSR count). The number of nitrogens with zero attached hydrogens (tertiary/aromatic N) is 1. The van der Waals surface area contributed by atoms with Crippen molar-refractivity contribution in [3.8, 4) is 5.75 Å². The van der Waals surface area contributed by atoms with E-state index in [1.165, 1.54) is 6.92 Å². The Labute approximate surface area is 112 Å². The Balaban J connectivity index is 1.81. The maximum atomic E-state index is 11.9. The van der Waals surface area contributed by atoms with Gasteiger partial charge in [0.15, 0.2) is 0 Å². The molecular formula is C14H18N2O3. The van der Waals surface area contributed by atoms with Gasteiger partial charge in [-0.05, 0) is 25.0 Å². The van der Waals surface area contributed by atoms with Gasteiger partial charge in [-0.2, -0.15) is 0 Å². The van der Waals surface area contributed by atoms with E-state index < -0.39 is 0 Å². The number of likely N-dealkylation sites (tertiary alicyclic amines) is 1. The van der Waals surface area contributed by atoms with E-state index in [9.17, 15) is 9.59 Å². The summed E-state index contributed by atoms with van der Waals surface area (Å²) in [6, 6.07) is 9.19. The molecule has 0 aromatic heterocycles. The molecule has 1 aromatic carbocycles. The van der Waals surface area contributed by atoms with Crippen LogP contribution >= 0.6 is 0 Å². The molecule has 1 fully saturated rings. The van der Waals surface area contributed by atoms with Crippen LogP contribution in [0.25, 0.3) is 0 Å². The number of nitrogens with one attached hydrogen (secondary N) is 1. The van der Waals surface area contributed by atoms with Gasteiger partial charge in [0.05, 0.1) is 0 Å². The standard InChI is InChI=1S/C14H18N2O3/c1-11(17)15-12-7-9-16(10-8-12)14(18)19-13-5-3-2-4-6-13/h2-6,12H,7-10H2,1H3,(H,15,17). The predicted octanol–water partition coefficient (Wildman–Crippen LogP) is 1.79. The molecule has 1 saturated heterocycles. The Kier molecular flexibility index (Phi) is 4.39. The van der Waals surface area contributed by atoms with Crippen molar-refractivity contribution < 1.29 is 14.3 Å². The molecule has 5 heteroatoms. The summed E-state index contributed by atoms with van der Waals surface area (Å²) >= 11 is 0. The lowest BCUT2D eigenvalue weighted by atomic mass is 10.1. The second kappa shape index (κ2) is 6.22. The lowest BCUT2D eigenvalue weighted by molar-refractivity contribution is -0.119. The number of amides is 2.